The van der Waals surface area contributed by atoms with Crippen LogP contribution in [0.2, 0.25) is 0 Å². The van der Waals surface area contributed by atoms with Gasteiger partial charge in [0.1, 0.15) is 22.3 Å². The lowest BCUT2D eigenvalue weighted by atomic mass is 10.3. The largest absolute Gasteiger partial charge is 0.398 e. The zero-order chi connectivity index (χ0) is 15.8. The Bertz CT molecular complexity index is 792. The van der Waals surface area contributed by atoms with Crippen molar-refractivity contribution in [3.05, 3.63) is 52.3 Å². The van der Waals surface area contributed by atoms with E-state index in [1.165, 1.54) is 12.1 Å². The van der Waals surface area contributed by atoms with Crippen LogP contribution < -0.4 is 10.5 Å². The van der Waals surface area contributed by atoms with Crippen LogP contribution in [0.1, 0.15) is 0 Å². The highest BCUT2D eigenvalue weighted by atomic mass is 79.9. The van der Waals surface area contributed by atoms with Gasteiger partial charge < -0.3 is 5.73 Å². The molecule has 0 atom stereocenters. The van der Waals surface area contributed by atoms with E-state index in [-0.39, 0.29) is 10.2 Å². The van der Waals surface area contributed by atoms with Crippen molar-refractivity contribution in [2.24, 2.45) is 0 Å². The van der Waals surface area contributed by atoms with Crippen LogP contribution in [0.5, 0.6) is 0 Å². The number of nitrogen functional groups attached to an aromatic ring is 1. The van der Waals surface area contributed by atoms with Crippen molar-refractivity contribution < 1.29 is 21.6 Å². The van der Waals surface area contributed by atoms with Crippen molar-refractivity contribution in [3.8, 4) is 0 Å². The molecule has 0 aromatic heterocycles. The Morgan fingerprint density at radius 2 is 1.71 bits per heavy atom. The predicted molar refractivity (Wildman–Crippen MR) is 75.7 cm³/mol. The quantitative estimate of drug-likeness (QED) is 0.634. The van der Waals surface area contributed by atoms with Crippen LogP contribution in [-0.2, 0) is 10.0 Å². The topological polar surface area (TPSA) is 72.2 Å². The van der Waals surface area contributed by atoms with Gasteiger partial charge in [-0.2, -0.15) is 0 Å². The minimum atomic E-state index is -4.50. The van der Waals surface area contributed by atoms with E-state index in [4.69, 9.17) is 5.73 Å². The Labute approximate surface area is 127 Å². The van der Waals surface area contributed by atoms with Gasteiger partial charge >= 0.3 is 0 Å². The van der Waals surface area contributed by atoms with Crippen molar-refractivity contribution in [2.45, 2.75) is 4.90 Å². The maximum absolute atomic E-state index is 13.6. The lowest BCUT2D eigenvalue weighted by Crippen LogP contribution is -2.17. The molecule has 9 heteroatoms. The monoisotopic (exact) mass is 380 g/mol. The Kier molecular flexibility index (Phi) is 4.15. The van der Waals surface area contributed by atoms with Crippen LogP contribution in [0, 0.1) is 17.5 Å². The van der Waals surface area contributed by atoms with Gasteiger partial charge in [-0.25, -0.2) is 21.6 Å². The minimum absolute atomic E-state index is 0.173. The highest BCUT2D eigenvalue weighted by molar-refractivity contribution is 9.10. The standard InChI is InChI=1S/C12H8BrF3N2O2S/c13-6-4-9(16)11(5-8(6)15)18-21(19,20)12-7(14)2-1-3-10(12)17/h1-5,18H,17H2. The number of benzene rings is 2. The first kappa shape index (κ1) is 15.6. The van der Waals surface area contributed by atoms with Crippen LogP contribution in [-0.4, -0.2) is 8.42 Å². The normalized spacial score (nSPS) is 11.4. The third-order valence-corrected chi connectivity index (χ3v) is 4.58. The number of halogens is 4. The smallest absolute Gasteiger partial charge is 0.266 e. The summed E-state index contributed by atoms with van der Waals surface area (Å²) in [5.41, 5.74) is 4.42. The van der Waals surface area contributed by atoms with Gasteiger partial charge in [0, 0.05) is 6.07 Å². The summed E-state index contributed by atoms with van der Waals surface area (Å²) in [5.74, 6) is -3.00. The maximum Gasteiger partial charge on any atom is 0.266 e. The molecule has 21 heavy (non-hydrogen) atoms. The Balaban J connectivity index is 2.50. The van der Waals surface area contributed by atoms with Gasteiger partial charge in [0.05, 0.1) is 15.8 Å². The third kappa shape index (κ3) is 3.13. The number of rotatable bonds is 3. The maximum atomic E-state index is 13.6. The molecule has 0 aliphatic rings. The first-order valence-electron chi connectivity index (χ1n) is 5.43. The number of nitrogens with two attached hydrogens (primary N) is 1. The van der Waals surface area contributed by atoms with E-state index in [1.807, 2.05) is 0 Å². The Morgan fingerprint density at radius 1 is 1.05 bits per heavy atom. The summed E-state index contributed by atoms with van der Waals surface area (Å²) in [6.45, 7) is 0. The average Bonchev–Trinajstić information content (AvgIpc) is 2.35. The van der Waals surface area contributed by atoms with Crippen LogP contribution in [0.25, 0.3) is 0 Å². The van der Waals surface area contributed by atoms with Gasteiger partial charge in [-0.05, 0) is 34.1 Å². The lowest BCUT2D eigenvalue weighted by molar-refractivity contribution is 0.570. The van der Waals surface area contributed by atoms with E-state index in [0.717, 1.165) is 12.1 Å². The van der Waals surface area contributed by atoms with Crippen molar-refractivity contribution in [2.75, 3.05) is 10.5 Å². The molecule has 112 valence electrons. The molecule has 2 rings (SSSR count). The molecule has 0 amide bonds. The van der Waals surface area contributed by atoms with Crippen LogP contribution in [0.4, 0.5) is 24.5 Å². The predicted octanol–water partition coefficient (Wildman–Crippen LogP) is 3.25. The second-order valence-electron chi connectivity index (χ2n) is 4.01. The van der Waals surface area contributed by atoms with Crippen molar-refractivity contribution in [1.82, 2.24) is 0 Å². The summed E-state index contributed by atoms with van der Waals surface area (Å²) >= 11 is 2.76. The highest BCUT2D eigenvalue weighted by Crippen LogP contribution is 2.28. The van der Waals surface area contributed by atoms with Gasteiger partial charge in [-0.1, -0.05) is 6.07 Å². The van der Waals surface area contributed by atoms with Gasteiger partial charge in [0.25, 0.3) is 10.0 Å². The van der Waals surface area contributed by atoms with E-state index in [2.05, 4.69) is 15.9 Å². The average molecular weight is 381 g/mol. The van der Waals surface area contributed by atoms with E-state index in [1.54, 1.807) is 4.72 Å². The summed E-state index contributed by atoms with van der Waals surface area (Å²) < 4.78 is 66.3. The van der Waals surface area contributed by atoms with E-state index in [0.29, 0.717) is 6.07 Å². The van der Waals surface area contributed by atoms with Gasteiger partial charge in [0.2, 0.25) is 0 Å². The summed E-state index contributed by atoms with van der Waals surface area (Å²) in [6, 6.07) is 4.68. The van der Waals surface area contributed by atoms with Crippen LogP contribution in [0.3, 0.4) is 0 Å². The van der Waals surface area contributed by atoms with Gasteiger partial charge in [-0.15, -0.1) is 0 Å². The number of sulfonamides is 1. The number of nitrogens with one attached hydrogen (secondary N) is 1. The SMILES string of the molecule is Nc1cccc(F)c1S(=O)(=O)Nc1cc(F)c(Br)cc1F. The molecular formula is C12H8BrF3N2O2S. The molecule has 0 heterocycles. The second-order valence-corrected chi connectivity index (χ2v) is 6.48. The molecule has 2 aromatic rings. The molecule has 0 unspecified atom stereocenters. The fourth-order valence-corrected chi connectivity index (χ4v) is 3.17. The zero-order valence-electron chi connectivity index (χ0n) is 10.2. The van der Waals surface area contributed by atoms with Gasteiger partial charge in [-0.3, -0.25) is 4.72 Å². The molecule has 0 aliphatic carbocycles. The second kappa shape index (κ2) is 5.57. The van der Waals surface area contributed by atoms with Crippen LogP contribution in [0.15, 0.2) is 39.7 Å². The lowest BCUT2D eigenvalue weighted by Gasteiger charge is -2.12. The molecule has 0 radical (unpaired) electrons. The Hall–Kier alpha value is -1.74. The highest BCUT2D eigenvalue weighted by Gasteiger charge is 2.24. The van der Waals surface area contributed by atoms with Crippen molar-refractivity contribution in [1.29, 1.82) is 0 Å². The van der Waals surface area contributed by atoms with E-state index < -0.39 is 38.1 Å². The zero-order valence-corrected chi connectivity index (χ0v) is 12.6. The molecule has 0 fully saturated rings. The molecule has 0 spiro atoms. The summed E-state index contributed by atoms with van der Waals surface area (Å²) in [4.78, 5) is -0.826. The minimum Gasteiger partial charge on any atom is -0.398 e. The molecule has 0 saturated carbocycles. The van der Waals surface area contributed by atoms with Crippen LogP contribution >= 0.6 is 15.9 Å². The van der Waals surface area contributed by atoms with E-state index >= 15 is 0 Å². The van der Waals surface area contributed by atoms with Crippen molar-refractivity contribution >= 4 is 37.3 Å². The molecule has 4 nitrogen and oxygen atoms in total. The molecule has 3 N–H and O–H groups in total. The summed E-state index contributed by atoms with van der Waals surface area (Å²) in [5, 5.41) is 0. The summed E-state index contributed by atoms with van der Waals surface area (Å²) in [6.07, 6.45) is 0. The molecule has 0 saturated heterocycles. The molecule has 2 aromatic carbocycles. The van der Waals surface area contributed by atoms with Gasteiger partial charge in [0.15, 0.2) is 0 Å². The fraction of sp³-hybridized carbons (Fsp3) is 0. The Morgan fingerprint density at radius 3 is 2.33 bits per heavy atom. The van der Waals surface area contributed by atoms with E-state index in [9.17, 15) is 21.6 Å². The molecular weight excluding hydrogens is 373 g/mol. The number of hydrogen-bond acceptors (Lipinski definition) is 3. The van der Waals surface area contributed by atoms with Crippen molar-refractivity contribution in [3.63, 3.8) is 0 Å². The first-order valence-corrected chi connectivity index (χ1v) is 7.71. The first-order chi connectivity index (χ1) is 9.72. The third-order valence-electron chi connectivity index (χ3n) is 2.52. The fourth-order valence-electron chi connectivity index (χ4n) is 1.61. The number of hydrogen-bond donors (Lipinski definition) is 2. The molecule has 0 aliphatic heterocycles. The molecule has 0 bridgehead atoms. The summed E-state index contributed by atoms with van der Waals surface area (Å²) in [7, 11) is -4.50. The number of anilines is 2.